The molecule has 0 aliphatic carbocycles. The zero-order valence-corrected chi connectivity index (χ0v) is 17.1. The zero-order valence-electron chi connectivity index (χ0n) is 15.5. The lowest BCUT2D eigenvalue weighted by molar-refractivity contribution is -0.122. The van der Waals surface area contributed by atoms with Gasteiger partial charge >= 0.3 is 0 Å². The molecule has 1 heterocycles. The van der Waals surface area contributed by atoms with Gasteiger partial charge in [0.1, 0.15) is 11.4 Å². The normalized spacial score (nSPS) is 15.5. The second kappa shape index (κ2) is 8.59. The van der Waals surface area contributed by atoms with Crippen LogP contribution in [0.5, 0.6) is 11.5 Å². The lowest BCUT2D eigenvalue weighted by atomic mass is 10.1. The predicted molar refractivity (Wildman–Crippen MR) is 112 cm³/mol. The number of carbonyl (C=O) groups excluding carboxylic acids is 2. The van der Waals surface area contributed by atoms with Crippen molar-refractivity contribution in [2.75, 3.05) is 18.6 Å². The Morgan fingerprint density at radius 3 is 2.66 bits per heavy atom. The first-order valence-corrected chi connectivity index (χ1v) is 9.31. The van der Waals surface area contributed by atoms with Crippen LogP contribution < -0.4 is 19.7 Å². The Kier molecular flexibility index (Phi) is 6.14. The third-order valence-electron chi connectivity index (χ3n) is 4.05. The molecule has 2 aromatic carbocycles. The highest BCUT2D eigenvalue weighted by Gasteiger charge is 2.34. The van der Waals surface area contributed by atoms with Crippen molar-refractivity contribution >= 4 is 52.5 Å². The van der Waals surface area contributed by atoms with Gasteiger partial charge in [0.15, 0.2) is 16.6 Å². The van der Waals surface area contributed by atoms with Gasteiger partial charge in [0.25, 0.3) is 11.8 Å². The molecular formula is C20H16ClFN2O4S. The smallest absolute Gasteiger partial charge is 0.270 e. The molecule has 6 nitrogen and oxygen atoms in total. The van der Waals surface area contributed by atoms with Gasteiger partial charge in [0.2, 0.25) is 0 Å². The maximum atomic E-state index is 13.6. The van der Waals surface area contributed by atoms with Crippen LogP contribution in [0.15, 0.2) is 42.0 Å². The molecule has 0 bridgehead atoms. The number of hydrogen-bond donors (Lipinski definition) is 1. The van der Waals surface area contributed by atoms with E-state index in [1.165, 1.54) is 37.5 Å². The fourth-order valence-electron chi connectivity index (χ4n) is 2.75. The van der Waals surface area contributed by atoms with E-state index in [9.17, 15) is 14.0 Å². The first-order valence-electron chi connectivity index (χ1n) is 8.53. The Morgan fingerprint density at radius 2 is 2.00 bits per heavy atom. The van der Waals surface area contributed by atoms with Crippen LogP contribution in [-0.2, 0) is 9.59 Å². The highest BCUT2D eigenvalue weighted by molar-refractivity contribution is 7.80. The molecule has 0 spiro atoms. The number of amides is 2. The molecular weight excluding hydrogens is 419 g/mol. The highest BCUT2D eigenvalue weighted by Crippen LogP contribution is 2.35. The summed E-state index contributed by atoms with van der Waals surface area (Å²) in [7, 11) is 1.46. The van der Waals surface area contributed by atoms with Gasteiger partial charge in [0.05, 0.1) is 24.4 Å². The highest BCUT2D eigenvalue weighted by atomic mass is 35.5. The van der Waals surface area contributed by atoms with Crippen molar-refractivity contribution in [2.45, 2.75) is 6.92 Å². The predicted octanol–water partition coefficient (Wildman–Crippen LogP) is 3.72. The molecule has 1 aliphatic heterocycles. The minimum Gasteiger partial charge on any atom is -0.493 e. The second-order valence-corrected chi connectivity index (χ2v) is 6.69. The summed E-state index contributed by atoms with van der Waals surface area (Å²) >= 11 is 11.4. The van der Waals surface area contributed by atoms with Crippen molar-refractivity contribution in [1.82, 2.24) is 5.32 Å². The van der Waals surface area contributed by atoms with Crippen molar-refractivity contribution in [1.29, 1.82) is 0 Å². The monoisotopic (exact) mass is 434 g/mol. The summed E-state index contributed by atoms with van der Waals surface area (Å²) < 4.78 is 24.4. The fourth-order valence-corrected chi connectivity index (χ4v) is 3.24. The van der Waals surface area contributed by atoms with Gasteiger partial charge in [-0.25, -0.2) is 4.39 Å². The van der Waals surface area contributed by atoms with E-state index >= 15 is 0 Å². The third kappa shape index (κ3) is 4.23. The third-order valence-corrected chi connectivity index (χ3v) is 4.66. The van der Waals surface area contributed by atoms with Crippen LogP contribution in [0, 0.1) is 5.82 Å². The minimum absolute atomic E-state index is 0.141. The first kappa shape index (κ1) is 20.8. The lowest BCUT2D eigenvalue weighted by Gasteiger charge is -2.29. The summed E-state index contributed by atoms with van der Waals surface area (Å²) in [5.41, 5.74) is 0.356. The van der Waals surface area contributed by atoms with Crippen molar-refractivity contribution in [3.8, 4) is 11.5 Å². The summed E-state index contributed by atoms with van der Waals surface area (Å²) in [6.07, 6.45) is 1.33. The zero-order chi connectivity index (χ0) is 21.1. The molecule has 150 valence electrons. The molecule has 0 aromatic heterocycles. The van der Waals surface area contributed by atoms with Crippen molar-refractivity contribution in [3.05, 3.63) is 58.4 Å². The van der Waals surface area contributed by atoms with Gasteiger partial charge in [0, 0.05) is 6.07 Å². The van der Waals surface area contributed by atoms with Crippen LogP contribution in [0.4, 0.5) is 10.1 Å². The van der Waals surface area contributed by atoms with Crippen LogP contribution in [-0.4, -0.2) is 30.6 Å². The summed E-state index contributed by atoms with van der Waals surface area (Å²) in [6.45, 7) is 2.23. The van der Waals surface area contributed by atoms with E-state index in [1.807, 2.05) is 6.92 Å². The Labute approximate surface area is 176 Å². The van der Waals surface area contributed by atoms with Crippen molar-refractivity contribution < 1.29 is 23.5 Å². The summed E-state index contributed by atoms with van der Waals surface area (Å²) in [4.78, 5) is 26.4. The van der Waals surface area contributed by atoms with Gasteiger partial charge in [-0.1, -0.05) is 17.7 Å². The number of ether oxygens (including phenoxy) is 2. The summed E-state index contributed by atoms with van der Waals surface area (Å²) in [6, 6.07) is 8.43. The van der Waals surface area contributed by atoms with Crippen LogP contribution in [0.2, 0.25) is 5.02 Å². The molecule has 3 rings (SSSR count). The van der Waals surface area contributed by atoms with E-state index in [0.717, 1.165) is 11.0 Å². The second-order valence-electron chi connectivity index (χ2n) is 5.90. The molecule has 1 fully saturated rings. The van der Waals surface area contributed by atoms with Gasteiger partial charge in [-0.05, 0) is 55.0 Å². The number of benzene rings is 2. The van der Waals surface area contributed by atoms with E-state index in [1.54, 1.807) is 6.07 Å². The average molecular weight is 435 g/mol. The Morgan fingerprint density at radius 1 is 1.24 bits per heavy atom. The number of rotatable bonds is 5. The topological polar surface area (TPSA) is 67.9 Å². The van der Waals surface area contributed by atoms with E-state index in [2.05, 4.69) is 5.32 Å². The van der Waals surface area contributed by atoms with E-state index in [0.29, 0.717) is 23.7 Å². The number of carbonyl (C=O) groups is 2. The molecule has 0 saturated carbocycles. The molecule has 29 heavy (non-hydrogen) atoms. The quantitative estimate of drug-likeness (QED) is 0.441. The summed E-state index contributed by atoms with van der Waals surface area (Å²) in [5.74, 6) is -1.10. The first-order chi connectivity index (χ1) is 13.8. The van der Waals surface area contributed by atoms with Crippen LogP contribution in [0.3, 0.4) is 0 Å². The molecule has 1 N–H and O–H groups in total. The molecule has 0 radical (unpaired) electrons. The molecule has 2 amide bonds. The maximum absolute atomic E-state index is 13.6. The standard InChI is InChI=1S/C20H16ClFN2O4S/c1-3-28-17-10-15(21)11(8-16(17)27-2)7-14-18(25)23-20(29)24(19(14)26)13-6-4-5-12(22)9-13/h4-10H,3H2,1-2H3,(H,23,25,29)/b14-7+. The van der Waals surface area contributed by atoms with Gasteiger partial charge in [-0.3, -0.25) is 19.8 Å². The molecule has 0 atom stereocenters. The number of anilines is 1. The Hall–Kier alpha value is -2.97. The van der Waals surface area contributed by atoms with E-state index in [4.69, 9.17) is 33.3 Å². The molecule has 0 unspecified atom stereocenters. The number of methoxy groups -OCH3 is 1. The summed E-state index contributed by atoms with van der Waals surface area (Å²) in [5, 5.41) is 2.55. The minimum atomic E-state index is -0.701. The molecule has 9 heteroatoms. The maximum Gasteiger partial charge on any atom is 0.270 e. The molecule has 2 aromatic rings. The number of hydrogen-bond acceptors (Lipinski definition) is 5. The number of halogens is 2. The van der Waals surface area contributed by atoms with Gasteiger partial charge in [-0.2, -0.15) is 0 Å². The fraction of sp³-hybridized carbons (Fsp3) is 0.150. The Bertz CT molecular complexity index is 1040. The molecule has 1 saturated heterocycles. The number of nitrogens with one attached hydrogen (secondary N) is 1. The van der Waals surface area contributed by atoms with Crippen molar-refractivity contribution in [2.24, 2.45) is 0 Å². The van der Waals surface area contributed by atoms with Crippen LogP contribution >= 0.6 is 23.8 Å². The van der Waals surface area contributed by atoms with E-state index in [-0.39, 0.29) is 21.4 Å². The van der Waals surface area contributed by atoms with E-state index < -0.39 is 17.6 Å². The number of nitrogens with zero attached hydrogens (tertiary/aromatic N) is 1. The van der Waals surface area contributed by atoms with Crippen LogP contribution in [0.1, 0.15) is 12.5 Å². The number of thiocarbonyl (C=S) groups is 1. The van der Waals surface area contributed by atoms with Gasteiger partial charge < -0.3 is 9.47 Å². The average Bonchev–Trinajstić information content (AvgIpc) is 2.66. The lowest BCUT2D eigenvalue weighted by Crippen LogP contribution is -2.54. The Balaban J connectivity index is 2.05. The van der Waals surface area contributed by atoms with Gasteiger partial charge in [-0.15, -0.1) is 0 Å². The van der Waals surface area contributed by atoms with Crippen molar-refractivity contribution in [3.63, 3.8) is 0 Å². The SMILES string of the molecule is CCOc1cc(Cl)c(/C=C2\C(=O)NC(=S)N(c3cccc(F)c3)C2=O)cc1OC. The molecule has 1 aliphatic rings. The largest absolute Gasteiger partial charge is 0.493 e. The van der Waals surface area contributed by atoms with Crippen LogP contribution in [0.25, 0.3) is 6.08 Å².